The quantitative estimate of drug-likeness (QED) is 0.747. The number of halogens is 1. The minimum atomic E-state index is -0.466. The van der Waals surface area contributed by atoms with Crippen molar-refractivity contribution in [2.45, 2.75) is 36.5 Å². The van der Waals surface area contributed by atoms with Crippen LogP contribution in [0.1, 0.15) is 31.9 Å². The average molecular weight is 405 g/mol. The van der Waals surface area contributed by atoms with Gasteiger partial charge in [0.25, 0.3) is 0 Å². The number of carbonyl (C=O) groups is 2. The smallest absolute Gasteiger partial charge is 0.238 e. The Hall–Kier alpha value is -2.18. The van der Waals surface area contributed by atoms with E-state index in [9.17, 15) is 9.59 Å². The summed E-state index contributed by atoms with van der Waals surface area (Å²) in [5, 5.41) is 5.87. The first-order valence-electron chi connectivity index (χ1n) is 8.75. The molecule has 2 aromatic carbocycles. The SMILES string of the molecule is CCOc1ccc([C@@H](C)NC(=O)C[C@H]2Sc3ccc(Cl)cc3NC2=O)cc1. The molecular weight excluding hydrogens is 384 g/mol. The van der Waals surface area contributed by atoms with E-state index in [1.165, 1.54) is 11.8 Å². The number of amides is 2. The first kappa shape index (κ1) is 19.6. The molecule has 7 heteroatoms. The van der Waals surface area contributed by atoms with Gasteiger partial charge in [-0.3, -0.25) is 9.59 Å². The number of rotatable bonds is 6. The van der Waals surface area contributed by atoms with Gasteiger partial charge in [-0.2, -0.15) is 0 Å². The summed E-state index contributed by atoms with van der Waals surface area (Å²) in [7, 11) is 0. The van der Waals surface area contributed by atoms with Crippen molar-refractivity contribution in [1.82, 2.24) is 5.32 Å². The molecule has 3 rings (SSSR count). The maximum atomic E-state index is 12.4. The first-order chi connectivity index (χ1) is 13.0. The lowest BCUT2D eigenvalue weighted by molar-refractivity contribution is -0.124. The van der Waals surface area contributed by atoms with E-state index >= 15 is 0 Å². The Kier molecular flexibility index (Phi) is 6.29. The molecule has 0 unspecified atom stereocenters. The summed E-state index contributed by atoms with van der Waals surface area (Å²) in [6.45, 7) is 4.46. The first-order valence-corrected chi connectivity index (χ1v) is 10.0. The Morgan fingerprint density at radius 2 is 2.04 bits per heavy atom. The summed E-state index contributed by atoms with van der Waals surface area (Å²) in [5.74, 6) is 0.453. The lowest BCUT2D eigenvalue weighted by Gasteiger charge is -2.24. The van der Waals surface area contributed by atoms with E-state index in [-0.39, 0.29) is 24.3 Å². The van der Waals surface area contributed by atoms with Crippen LogP contribution in [0.4, 0.5) is 5.69 Å². The average Bonchev–Trinajstić information content (AvgIpc) is 2.63. The molecule has 1 aliphatic rings. The van der Waals surface area contributed by atoms with Crippen LogP contribution in [0.15, 0.2) is 47.4 Å². The van der Waals surface area contributed by atoms with Crippen LogP contribution in [-0.4, -0.2) is 23.7 Å². The third-order valence-electron chi connectivity index (χ3n) is 4.20. The number of thioether (sulfide) groups is 1. The fraction of sp³-hybridized carbons (Fsp3) is 0.300. The number of hydrogen-bond donors (Lipinski definition) is 2. The zero-order valence-corrected chi connectivity index (χ0v) is 16.7. The predicted molar refractivity (Wildman–Crippen MR) is 109 cm³/mol. The van der Waals surface area contributed by atoms with Crippen molar-refractivity contribution in [3.05, 3.63) is 53.1 Å². The second-order valence-corrected chi connectivity index (χ2v) is 7.91. The molecule has 2 atom stereocenters. The van der Waals surface area contributed by atoms with Crippen molar-refractivity contribution in [2.24, 2.45) is 0 Å². The number of hydrogen-bond acceptors (Lipinski definition) is 4. The van der Waals surface area contributed by atoms with E-state index < -0.39 is 5.25 Å². The standard InChI is InChI=1S/C20H21ClN2O3S/c1-3-26-15-7-4-13(5-8-15)12(2)22-19(24)11-18-20(25)23-16-10-14(21)6-9-17(16)27-18/h4-10,12,18H,3,11H2,1-2H3,(H,22,24)(H,23,25)/t12-,18-/m1/s1. The van der Waals surface area contributed by atoms with Crippen LogP contribution in [0.2, 0.25) is 5.02 Å². The Balaban J connectivity index is 1.58. The Bertz CT molecular complexity index is 842. The zero-order chi connectivity index (χ0) is 19.4. The second kappa shape index (κ2) is 8.67. The minimum absolute atomic E-state index is 0.111. The van der Waals surface area contributed by atoms with Gasteiger partial charge in [0.05, 0.1) is 23.6 Å². The Morgan fingerprint density at radius 3 is 2.74 bits per heavy atom. The van der Waals surface area contributed by atoms with Crippen LogP contribution in [-0.2, 0) is 9.59 Å². The van der Waals surface area contributed by atoms with Crippen molar-refractivity contribution >= 4 is 40.9 Å². The molecule has 2 N–H and O–H groups in total. The van der Waals surface area contributed by atoms with Crippen molar-refractivity contribution in [2.75, 3.05) is 11.9 Å². The summed E-state index contributed by atoms with van der Waals surface area (Å²) in [6, 6.07) is 12.8. The largest absolute Gasteiger partial charge is 0.494 e. The third kappa shape index (κ3) is 4.96. The molecule has 1 heterocycles. The summed E-state index contributed by atoms with van der Waals surface area (Å²) in [6.07, 6.45) is 0.111. The van der Waals surface area contributed by atoms with Crippen LogP contribution in [0, 0.1) is 0 Å². The summed E-state index contributed by atoms with van der Waals surface area (Å²) >= 11 is 7.34. The summed E-state index contributed by atoms with van der Waals surface area (Å²) < 4.78 is 5.43. The fourth-order valence-electron chi connectivity index (χ4n) is 2.83. The van der Waals surface area contributed by atoms with E-state index in [1.807, 2.05) is 44.2 Å². The molecule has 0 radical (unpaired) electrons. The highest BCUT2D eigenvalue weighted by Crippen LogP contribution is 2.38. The summed E-state index contributed by atoms with van der Waals surface area (Å²) in [4.78, 5) is 25.6. The highest BCUT2D eigenvalue weighted by Gasteiger charge is 2.29. The molecule has 5 nitrogen and oxygen atoms in total. The van der Waals surface area contributed by atoms with E-state index in [2.05, 4.69) is 10.6 Å². The molecule has 27 heavy (non-hydrogen) atoms. The van der Waals surface area contributed by atoms with Crippen molar-refractivity contribution < 1.29 is 14.3 Å². The number of ether oxygens (including phenoxy) is 1. The topological polar surface area (TPSA) is 67.4 Å². The van der Waals surface area contributed by atoms with Crippen molar-refractivity contribution in [3.63, 3.8) is 0 Å². The molecule has 142 valence electrons. The van der Waals surface area contributed by atoms with Crippen molar-refractivity contribution in [3.8, 4) is 5.75 Å². The molecule has 1 aliphatic heterocycles. The Labute approximate surface area is 167 Å². The zero-order valence-electron chi connectivity index (χ0n) is 15.1. The normalized spacial score (nSPS) is 16.9. The molecule has 0 aliphatic carbocycles. The van der Waals surface area contributed by atoms with Gasteiger partial charge in [-0.1, -0.05) is 23.7 Å². The van der Waals surface area contributed by atoms with E-state index in [0.29, 0.717) is 17.3 Å². The Morgan fingerprint density at radius 1 is 1.30 bits per heavy atom. The van der Waals surface area contributed by atoms with Crippen LogP contribution in [0.5, 0.6) is 5.75 Å². The molecule has 2 aromatic rings. The van der Waals surface area contributed by atoms with Crippen LogP contribution >= 0.6 is 23.4 Å². The highest BCUT2D eigenvalue weighted by atomic mass is 35.5. The number of fused-ring (bicyclic) bond motifs is 1. The monoisotopic (exact) mass is 404 g/mol. The van der Waals surface area contributed by atoms with Crippen LogP contribution < -0.4 is 15.4 Å². The van der Waals surface area contributed by atoms with Gasteiger partial charge in [-0.25, -0.2) is 0 Å². The molecule has 0 saturated carbocycles. The number of anilines is 1. The van der Waals surface area contributed by atoms with Gasteiger partial charge >= 0.3 is 0 Å². The van der Waals surface area contributed by atoms with Gasteiger partial charge in [-0.15, -0.1) is 11.8 Å². The van der Waals surface area contributed by atoms with Gasteiger partial charge in [0.1, 0.15) is 5.75 Å². The van der Waals surface area contributed by atoms with Gasteiger partial charge < -0.3 is 15.4 Å². The maximum Gasteiger partial charge on any atom is 0.238 e. The molecule has 0 aromatic heterocycles. The van der Waals surface area contributed by atoms with Crippen LogP contribution in [0.25, 0.3) is 0 Å². The molecule has 0 fully saturated rings. The molecular formula is C20H21ClN2O3S. The van der Waals surface area contributed by atoms with Gasteiger partial charge in [0.15, 0.2) is 0 Å². The molecule has 2 amide bonds. The second-order valence-electron chi connectivity index (χ2n) is 6.23. The predicted octanol–water partition coefficient (Wildman–Crippen LogP) is 4.42. The number of nitrogens with one attached hydrogen (secondary N) is 2. The number of benzene rings is 2. The van der Waals surface area contributed by atoms with E-state index in [1.54, 1.807) is 12.1 Å². The van der Waals surface area contributed by atoms with Crippen LogP contribution in [0.3, 0.4) is 0 Å². The van der Waals surface area contributed by atoms with Gasteiger partial charge in [-0.05, 0) is 49.7 Å². The van der Waals surface area contributed by atoms with E-state index in [4.69, 9.17) is 16.3 Å². The fourth-order valence-corrected chi connectivity index (χ4v) is 4.09. The molecule has 0 spiro atoms. The maximum absolute atomic E-state index is 12.4. The lowest BCUT2D eigenvalue weighted by atomic mass is 10.1. The summed E-state index contributed by atoms with van der Waals surface area (Å²) in [5.41, 5.74) is 1.67. The van der Waals surface area contributed by atoms with Gasteiger partial charge in [0.2, 0.25) is 11.8 Å². The minimum Gasteiger partial charge on any atom is -0.494 e. The number of carbonyl (C=O) groups excluding carboxylic acids is 2. The van der Waals surface area contributed by atoms with Gasteiger partial charge in [0, 0.05) is 16.3 Å². The third-order valence-corrected chi connectivity index (χ3v) is 5.71. The molecule has 0 bridgehead atoms. The highest BCUT2D eigenvalue weighted by molar-refractivity contribution is 8.01. The van der Waals surface area contributed by atoms with Crippen molar-refractivity contribution in [1.29, 1.82) is 0 Å². The molecule has 0 saturated heterocycles. The lowest BCUT2D eigenvalue weighted by Crippen LogP contribution is -2.35. The van der Waals surface area contributed by atoms with E-state index in [0.717, 1.165) is 16.2 Å².